The number of amides is 3. The fraction of sp³-hybridized carbons (Fsp3) is 0.323. The molecule has 7 rings (SSSR count). The first-order chi connectivity index (χ1) is 23.7. The predicted molar refractivity (Wildman–Crippen MR) is 163 cm³/mol. The highest BCUT2D eigenvalue weighted by atomic mass is 16.4. The molecule has 0 saturated carbocycles. The minimum Gasteiger partial charge on any atom is -0.446 e. The molecule has 0 spiro atoms. The molecular weight excluding hydrogens is 642 g/mol. The van der Waals surface area contributed by atoms with Crippen LogP contribution in [-0.2, 0) is 4.79 Å². The van der Waals surface area contributed by atoms with Crippen LogP contribution in [0.5, 0.6) is 0 Å². The van der Waals surface area contributed by atoms with E-state index in [0.29, 0.717) is 25.8 Å². The van der Waals surface area contributed by atoms with Gasteiger partial charge in [0.25, 0.3) is 11.8 Å². The van der Waals surface area contributed by atoms with E-state index in [9.17, 15) is 14.4 Å². The van der Waals surface area contributed by atoms with Crippen molar-refractivity contribution in [3.05, 3.63) is 60.7 Å². The fourth-order valence-electron chi connectivity index (χ4n) is 5.00. The lowest BCUT2D eigenvalue weighted by Crippen LogP contribution is -2.32. The molecule has 18 nitrogen and oxygen atoms in total. The van der Waals surface area contributed by atoms with E-state index in [1.54, 1.807) is 0 Å². The Kier molecular flexibility index (Phi) is 8.33. The van der Waals surface area contributed by atoms with Crippen LogP contribution in [0.2, 0.25) is 0 Å². The molecular formula is C31H29N9O9. The second kappa shape index (κ2) is 13.1. The van der Waals surface area contributed by atoms with Gasteiger partial charge in [0, 0.05) is 13.5 Å². The van der Waals surface area contributed by atoms with Crippen LogP contribution in [0.3, 0.4) is 0 Å². The summed E-state index contributed by atoms with van der Waals surface area (Å²) < 4.78 is 33.8. The number of nitrogens with zero attached hydrogens (tertiary/aromatic N) is 6. The normalized spacial score (nSPS) is 16.2. The maximum Gasteiger partial charge on any atom is 0.273 e. The summed E-state index contributed by atoms with van der Waals surface area (Å²) in [6.45, 7) is 5.69. The van der Waals surface area contributed by atoms with Crippen molar-refractivity contribution in [3.8, 4) is 46.3 Å². The maximum absolute atomic E-state index is 13.4. The summed E-state index contributed by atoms with van der Waals surface area (Å²) in [5.41, 5.74) is 0.896. The van der Waals surface area contributed by atoms with Gasteiger partial charge in [-0.3, -0.25) is 14.4 Å². The fourth-order valence-corrected chi connectivity index (χ4v) is 5.00. The number of unbranched alkanes of at least 4 members (excludes halogenated alkanes) is 1. The molecule has 1 aliphatic rings. The molecule has 49 heavy (non-hydrogen) atoms. The largest absolute Gasteiger partial charge is 0.446 e. The molecule has 6 aromatic rings. The third-order valence-corrected chi connectivity index (χ3v) is 7.52. The van der Waals surface area contributed by atoms with Crippen molar-refractivity contribution in [2.45, 2.75) is 52.1 Å². The van der Waals surface area contributed by atoms with E-state index in [-0.39, 0.29) is 81.3 Å². The van der Waals surface area contributed by atoms with Gasteiger partial charge in [-0.1, -0.05) is 13.8 Å². The number of oxazole rings is 6. The Labute approximate surface area is 276 Å². The monoisotopic (exact) mass is 671 g/mol. The van der Waals surface area contributed by atoms with Gasteiger partial charge in [-0.2, -0.15) is 0 Å². The van der Waals surface area contributed by atoms with E-state index >= 15 is 0 Å². The second-order valence-corrected chi connectivity index (χ2v) is 11.5. The highest BCUT2D eigenvalue weighted by molar-refractivity contribution is 5.93. The van der Waals surface area contributed by atoms with Gasteiger partial charge < -0.3 is 42.5 Å². The van der Waals surface area contributed by atoms with Gasteiger partial charge in [0.2, 0.25) is 41.3 Å². The van der Waals surface area contributed by atoms with Crippen molar-refractivity contribution >= 4 is 17.7 Å². The van der Waals surface area contributed by atoms with E-state index in [1.807, 2.05) is 13.8 Å². The lowest BCUT2D eigenvalue weighted by atomic mass is 10.0. The third kappa shape index (κ3) is 6.60. The Morgan fingerprint density at radius 2 is 1.10 bits per heavy atom. The Morgan fingerprint density at radius 1 is 0.653 bits per heavy atom. The van der Waals surface area contributed by atoms with E-state index in [4.69, 9.17) is 26.5 Å². The highest BCUT2D eigenvalue weighted by Gasteiger charge is 2.29. The van der Waals surface area contributed by atoms with E-state index in [1.165, 1.54) is 44.5 Å². The number of fused-ring (bicyclic) bond motifs is 16. The summed E-state index contributed by atoms with van der Waals surface area (Å²) in [6, 6.07) is -1.34. The molecule has 7 heterocycles. The molecule has 6 aromatic heterocycles. The Hall–Kier alpha value is -6.33. The van der Waals surface area contributed by atoms with Crippen molar-refractivity contribution in [1.82, 2.24) is 45.9 Å². The summed E-state index contributed by atoms with van der Waals surface area (Å²) in [5.74, 6) is -0.699. The summed E-state index contributed by atoms with van der Waals surface area (Å²) in [6.07, 6.45) is 9.38. The van der Waals surface area contributed by atoms with E-state index < -0.39 is 23.9 Å². The molecule has 0 aliphatic carbocycles. The Bertz CT molecular complexity index is 2110. The minimum absolute atomic E-state index is 0.00472. The molecule has 252 valence electrons. The van der Waals surface area contributed by atoms with Crippen molar-refractivity contribution in [3.63, 3.8) is 0 Å². The number of rotatable bonds is 6. The molecule has 2 atom stereocenters. The number of aromatic nitrogens is 6. The molecule has 0 unspecified atom stereocenters. The van der Waals surface area contributed by atoms with Gasteiger partial charge in [-0.15, -0.1) is 0 Å². The second-order valence-electron chi connectivity index (χ2n) is 11.5. The first kappa shape index (κ1) is 31.3. The zero-order valence-electron chi connectivity index (χ0n) is 26.4. The van der Waals surface area contributed by atoms with Crippen molar-refractivity contribution in [2.24, 2.45) is 5.92 Å². The van der Waals surface area contributed by atoms with E-state index in [2.05, 4.69) is 45.9 Å². The number of carbonyl (C=O) groups excluding carboxylic acids is 3. The van der Waals surface area contributed by atoms with Crippen LogP contribution in [0, 0.1) is 5.92 Å². The average Bonchev–Trinajstić information content (AvgIpc) is 3.92. The van der Waals surface area contributed by atoms with Crippen LogP contribution >= 0.6 is 0 Å². The molecule has 12 bridgehead atoms. The first-order valence-electron chi connectivity index (χ1n) is 15.3. The summed E-state index contributed by atoms with van der Waals surface area (Å²) in [4.78, 5) is 64.2. The lowest BCUT2D eigenvalue weighted by Gasteiger charge is -2.18. The highest BCUT2D eigenvalue weighted by Crippen LogP contribution is 2.30. The summed E-state index contributed by atoms with van der Waals surface area (Å²) >= 11 is 0. The van der Waals surface area contributed by atoms with Gasteiger partial charge >= 0.3 is 0 Å². The van der Waals surface area contributed by atoms with Crippen LogP contribution in [0.25, 0.3) is 46.3 Å². The number of carbonyl (C=O) groups is 3. The molecule has 0 saturated heterocycles. The molecule has 0 radical (unpaired) electrons. The van der Waals surface area contributed by atoms with Crippen LogP contribution in [-0.4, -0.2) is 54.2 Å². The lowest BCUT2D eigenvalue weighted by molar-refractivity contribution is -0.118. The third-order valence-electron chi connectivity index (χ3n) is 7.52. The average molecular weight is 672 g/mol. The number of hydrogen-bond donors (Lipinski definition) is 3. The summed E-state index contributed by atoms with van der Waals surface area (Å²) in [5, 5.41) is 8.52. The topological polar surface area (TPSA) is 243 Å². The van der Waals surface area contributed by atoms with Crippen LogP contribution in [0.4, 0.5) is 0 Å². The number of hydrogen-bond acceptors (Lipinski definition) is 15. The van der Waals surface area contributed by atoms with Gasteiger partial charge in [-0.25, -0.2) is 29.9 Å². The molecule has 3 amide bonds. The van der Waals surface area contributed by atoms with Crippen molar-refractivity contribution in [1.29, 1.82) is 0 Å². The van der Waals surface area contributed by atoms with Crippen molar-refractivity contribution < 1.29 is 40.9 Å². The van der Waals surface area contributed by atoms with Crippen LogP contribution < -0.4 is 16.0 Å². The zero-order chi connectivity index (χ0) is 34.1. The smallest absolute Gasteiger partial charge is 0.273 e. The van der Waals surface area contributed by atoms with Gasteiger partial charge in [0.15, 0.2) is 34.2 Å². The quantitative estimate of drug-likeness (QED) is 0.206. The number of nitrogens with one attached hydrogen (secondary N) is 3. The Morgan fingerprint density at radius 3 is 1.65 bits per heavy atom. The van der Waals surface area contributed by atoms with Gasteiger partial charge in [-0.05, 0) is 25.2 Å². The van der Waals surface area contributed by atoms with Crippen molar-refractivity contribution in [2.75, 3.05) is 6.54 Å². The predicted octanol–water partition coefficient (Wildman–Crippen LogP) is 4.50. The standard InChI is InChI=1S/C31H29N9O9/c1-14(2)23-31-39-22(13-49-31)30-38-19(12-48-30)27-34-17(8-44-27)24(42)33-16(6-4-5-7-32-15(3)41)26-36-21(10-46-26)29-37-20(11-47-29)28-35-18(9-45-28)25(43)40-23/h8-14,16,23H,4-7H2,1-3H3,(H,32,41)(H,33,42)(H,40,43)/t16-,23-/m0/s1. The SMILES string of the molecule is CC(=O)NCCCC[C@@H]1NC(=O)c2coc(n2)-c2coc(n2)-c2coc(n2)[C@H](C(C)C)NC(=O)c2coc(n2)-c2coc(n2)-c2coc1n2. The van der Waals surface area contributed by atoms with E-state index in [0.717, 1.165) is 0 Å². The molecule has 0 aromatic carbocycles. The van der Waals surface area contributed by atoms with Crippen LogP contribution in [0.15, 0.2) is 64.1 Å². The zero-order valence-corrected chi connectivity index (χ0v) is 26.4. The molecule has 3 N–H and O–H groups in total. The molecule has 18 heteroatoms. The van der Waals surface area contributed by atoms with Gasteiger partial charge in [0.1, 0.15) is 49.7 Å². The maximum atomic E-state index is 13.4. The molecule has 1 aliphatic heterocycles. The minimum atomic E-state index is -0.693. The molecule has 0 fully saturated rings. The summed E-state index contributed by atoms with van der Waals surface area (Å²) in [7, 11) is 0. The van der Waals surface area contributed by atoms with Gasteiger partial charge in [0.05, 0.1) is 0 Å². The first-order valence-corrected chi connectivity index (χ1v) is 15.3. The Balaban J connectivity index is 1.23. The van der Waals surface area contributed by atoms with Crippen LogP contribution in [0.1, 0.15) is 84.9 Å².